The monoisotopic (exact) mass is 397 g/mol. The molecule has 7 nitrogen and oxygen atoms in total. The zero-order valence-corrected chi connectivity index (χ0v) is 15.9. The standard InChI is InChI=1S/C20H19N3O4S/c24-8-7-23-18(25)11-16(19(23)26)21-15-4-3-13-5-6-22(12-14(13)10-15)20(27)17-2-1-9-28-17/h1-4,9-11,21,24H,5-8,12H2. The Hall–Kier alpha value is -2.97. The summed E-state index contributed by atoms with van der Waals surface area (Å²) in [5.41, 5.74) is 3.05. The molecular weight excluding hydrogens is 378 g/mol. The number of hydrogen-bond donors (Lipinski definition) is 2. The van der Waals surface area contributed by atoms with Crippen LogP contribution in [-0.2, 0) is 22.6 Å². The first-order valence-electron chi connectivity index (χ1n) is 8.97. The summed E-state index contributed by atoms with van der Waals surface area (Å²) < 4.78 is 0. The van der Waals surface area contributed by atoms with Gasteiger partial charge in [-0.1, -0.05) is 12.1 Å². The molecule has 2 N–H and O–H groups in total. The lowest BCUT2D eigenvalue weighted by Gasteiger charge is -2.29. The second-order valence-electron chi connectivity index (χ2n) is 6.64. The molecule has 2 aromatic rings. The second kappa shape index (κ2) is 7.57. The van der Waals surface area contributed by atoms with Crippen molar-refractivity contribution in [3.8, 4) is 0 Å². The molecule has 28 heavy (non-hydrogen) atoms. The predicted molar refractivity (Wildman–Crippen MR) is 105 cm³/mol. The van der Waals surface area contributed by atoms with Gasteiger partial charge in [0.1, 0.15) is 5.70 Å². The van der Waals surface area contributed by atoms with Crippen molar-refractivity contribution in [1.82, 2.24) is 9.80 Å². The molecule has 1 aromatic carbocycles. The molecular formula is C20H19N3O4S. The zero-order chi connectivity index (χ0) is 19.7. The summed E-state index contributed by atoms with van der Waals surface area (Å²) in [7, 11) is 0. The molecule has 3 heterocycles. The number of benzene rings is 1. The van der Waals surface area contributed by atoms with Gasteiger partial charge in [-0.05, 0) is 41.1 Å². The Kier molecular flexibility index (Phi) is 4.97. The topological polar surface area (TPSA) is 90.0 Å². The van der Waals surface area contributed by atoms with E-state index in [1.165, 1.54) is 23.0 Å². The van der Waals surface area contributed by atoms with Crippen LogP contribution in [0.1, 0.15) is 20.8 Å². The third-order valence-corrected chi connectivity index (χ3v) is 5.71. The number of fused-ring (bicyclic) bond motifs is 1. The minimum atomic E-state index is -0.453. The number of nitrogens with zero attached hydrogens (tertiary/aromatic N) is 2. The molecule has 0 atom stereocenters. The van der Waals surface area contributed by atoms with Gasteiger partial charge >= 0.3 is 0 Å². The Bertz CT molecular complexity index is 968. The molecule has 0 saturated carbocycles. The van der Waals surface area contributed by atoms with E-state index in [0.29, 0.717) is 18.8 Å². The van der Waals surface area contributed by atoms with Crippen LogP contribution in [0, 0.1) is 0 Å². The quantitative estimate of drug-likeness (QED) is 0.748. The number of aliphatic hydroxyl groups excluding tert-OH is 1. The summed E-state index contributed by atoms with van der Waals surface area (Å²) >= 11 is 1.43. The molecule has 3 amide bonds. The Labute approximate surface area is 165 Å². The van der Waals surface area contributed by atoms with Crippen molar-refractivity contribution < 1.29 is 19.5 Å². The Morgan fingerprint density at radius 3 is 2.82 bits per heavy atom. The van der Waals surface area contributed by atoms with Crippen molar-refractivity contribution in [1.29, 1.82) is 0 Å². The summed E-state index contributed by atoms with van der Waals surface area (Å²) in [6.07, 6.45) is 2.02. The maximum Gasteiger partial charge on any atom is 0.277 e. The third-order valence-electron chi connectivity index (χ3n) is 4.85. The summed E-state index contributed by atoms with van der Waals surface area (Å²) in [6, 6.07) is 9.46. The van der Waals surface area contributed by atoms with Crippen molar-refractivity contribution in [3.05, 3.63) is 63.5 Å². The van der Waals surface area contributed by atoms with Crippen LogP contribution in [0.2, 0.25) is 0 Å². The van der Waals surface area contributed by atoms with Crippen molar-refractivity contribution in [2.24, 2.45) is 0 Å². The maximum atomic E-state index is 12.6. The van der Waals surface area contributed by atoms with E-state index in [0.717, 1.165) is 21.8 Å². The molecule has 0 spiro atoms. The Balaban J connectivity index is 1.50. The van der Waals surface area contributed by atoms with E-state index in [1.54, 1.807) is 0 Å². The highest BCUT2D eigenvalue weighted by atomic mass is 32.1. The van der Waals surface area contributed by atoms with Crippen LogP contribution in [0.4, 0.5) is 5.69 Å². The lowest BCUT2D eigenvalue weighted by Crippen LogP contribution is -2.35. The largest absolute Gasteiger partial charge is 0.395 e. The van der Waals surface area contributed by atoms with E-state index in [4.69, 9.17) is 5.11 Å². The minimum absolute atomic E-state index is 0.0245. The molecule has 2 aliphatic rings. The fraction of sp³-hybridized carbons (Fsp3) is 0.250. The van der Waals surface area contributed by atoms with Crippen LogP contribution >= 0.6 is 11.3 Å². The number of carbonyl (C=O) groups excluding carboxylic acids is 3. The molecule has 0 saturated heterocycles. The fourth-order valence-electron chi connectivity index (χ4n) is 3.43. The lowest BCUT2D eigenvalue weighted by atomic mass is 9.99. The van der Waals surface area contributed by atoms with Crippen LogP contribution in [0.25, 0.3) is 0 Å². The number of β-amino-alcohol motifs (C(OH)–C–C–N with tert-alkyl or cyclic N) is 1. The summed E-state index contributed by atoms with van der Waals surface area (Å²) in [5.74, 6) is -0.864. The van der Waals surface area contributed by atoms with Crippen LogP contribution < -0.4 is 5.32 Å². The van der Waals surface area contributed by atoms with Crippen molar-refractivity contribution in [2.45, 2.75) is 13.0 Å². The van der Waals surface area contributed by atoms with Gasteiger partial charge in [-0.15, -0.1) is 11.3 Å². The van der Waals surface area contributed by atoms with E-state index in [9.17, 15) is 14.4 Å². The molecule has 0 aliphatic carbocycles. The van der Waals surface area contributed by atoms with E-state index < -0.39 is 11.8 Å². The number of hydrogen-bond acceptors (Lipinski definition) is 6. The van der Waals surface area contributed by atoms with Gasteiger partial charge in [0.15, 0.2) is 0 Å². The van der Waals surface area contributed by atoms with Crippen molar-refractivity contribution in [2.75, 3.05) is 25.0 Å². The van der Waals surface area contributed by atoms with Gasteiger partial charge in [0.2, 0.25) is 0 Å². The molecule has 144 valence electrons. The molecule has 4 rings (SSSR count). The van der Waals surface area contributed by atoms with E-state index in [1.807, 2.05) is 40.6 Å². The minimum Gasteiger partial charge on any atom is -0.395 e. The zero-order valence-electron chi connectivity index (χ0n) is 15.1. The third kappa shape index (κ3) is 3.44. The molecule has 0 bridgehead atoms. The normalized spacial score (nSPS) is 16.2. The first kappa shape index (κ1) is 18.4. The SMILES string of the molecule is O=C(c1cccs1)N1CCc2ccc(NC3=CC(=O)N(CCO)C3=O)cc2C1. The molecule has 0 fully saturated rings. The van der Waals surface area contributed by atoms with Crippen LogP contribution in [0.3, 0.4) is 0 Å². The average Bonchev–Trinajstić information content (AvgIpc) is 3.32. The average molecular weight is 397 g/mol. The van der Waals surface area contributed by atoms with Gasteiger partial charge in [-0.25, -0.2) is 0 Å². The number of amides is 3. The maximum absolute atomic E-state index is 12.6. The second-order valence-corrected chi connectivity index (χ2v) is 7.59. The van der Waals surface area contributed by atoms with Crippen LogP contribution in [-0.4, -0.2) is 52.3 Å². The van der Waals surface area contributed by atoms with Gasteiger partial charge < -0.3 is 15.3 Å². The number of anilines is 1. The first-order valence-corrected chi connectivity index (χ1v) is 9.85. The number of carbonyl (C=O) groups is 3. The molecule has 2 aliphatic heterocycles. The molecule has 1 aromatic heterocycles. The lowest BCUT2D eigenvalue weighted by molar-refractivity contribution is -0.137. The van der Waals surface area contributed by atoms with Gasteiger partial charge in [0.25, 0.3) is 17.7 Å². The Morgan fingerprint density at radius 1 is 1.21 bits per heavy atom. The summed E-state index contributed by atoms with van der Waals surface area (Å²) in [4.78, 5) is 40.3. The number of imide groups is 1. The highest BCUT2D eigenvalue weighted by Gasteiger charge is 2.31. The molecule has 0 unspecified atom stereocenters. The molecule has 8 heteroatoms. The van der Waals surface area contributed by atoms with E-state index >= 15 is 0 Å². The highest BCUT2D eigenvalue weighted by molar-refractivity contribution is 7.12. The fourth-order valence-corrected chi connectivity index (χ4v) is 4.12. The van der Waals surface area contributed by atoms with E-state index in [2.05, 4.69) is 5.32 Å². The number of nitrogens with one attached hydrogen (secondary N) is 1. The van der Waals surface area contributed by atoms with Gasteiger partial charge in [-0.2, -0.15) is 0 Å². The van der Waals surface area contributed by atoms with Crippen molar-refractivity contribution >= 4 is 34.7 Å². The van der Waals surface area contributed by atoms with Crippen LogP contribution in [0.15, 0.2) is 47.5 Å². The highest BCUT2D eigenvalue weighted by Crippen LogP contribution is 2.26. The molecule has 0 radical (unpaired) electrons. The summed E-state index contributed by atoms with van der Waals surface area (Å²) in [5, 5.41) is 13.9. The summed E-state index contributed by atoms with van der Waals surface area (Å²) in [6.45, 7) is 0.879. The van der Waals surface area contributed by atoms with E-state index in [-0.39, 0.29) is 24.8 Å². The number of rotatable bonds is 5. The predicted octanol–water partition coefficient (Wildman–Crippen LogP) is 1.60. The first-order chi connectivity index (χ1) is 13.6. The smallest absolute Gasteiger partial charge is 0.277 e. The van der Waals surface area contributed by atoms with Crippen LogP contribution in [0.5, 0.6) is 0 Å². The van der Waals surface area contributed by atoms with Gasteiger partial charge in [-0.3, -0.25) is 19.3 Å². The number of aliphatic hydroxyl groups is 1. The van der Waals surface area contributed by atoms with Gasteiger partial charge in [0, 0.05) is 24.9 Å². The van der Waals surface area contributed by atoms with Gasteiger partial charge in [0.05, 0.1) is 18.0 Å². The Morgan fingerprint density at radius 2 is 2.07 bits per heavy atom. The van der Waals surface area contributed by atoms with Crippen molar-refractivity contribution in [3.63, 3.8) is 0 Å². The number of thiophene rings is 1.